The van der Waals surface area contributed by atoms with Gasteiger partial charge < -0.3 is 9.64 Å². The topological polar surface area (TPSA) is 84.4 Å². The molecule has 2 heterocycles. The monoisotopic (exact) mass is 400 g/mol. The van der Waals surface area contributed by atoms with Crippen molar-refractivity contribution in [2.75, 3.05) is 31.2 Å². The molecule has 0 unspecified atom stereocenters. The number of halogens is 2. The molecular formula is C16H18ClFN4O3S. The maximum atomic E-state index is 13.2. The van der Waals surface area contributed by atoms with Crippen LogP contribution < -0.4 is 9.62 Å². The first-order valence-corrected chi connectivity index (χ1v) is 9.83. The highest BCUT2D eigenvalue weighted by atomic mass is 35.5. The molecular weight excluding hydrogens is 383 g/mol. The molecule has 0 saturated carbocycles. The van der Waals surface area contributed by atoms with Crippen LogP contribution in [0.25, 0.3) is 0 Å². The number of rotatable bonds is 5. The van der Waals surface area contributed by atoms with E-state index in [1.54, 1.807) is 0 Å². The lowest BCUT2D eigenvalue weighted by Crippen LogP contribution is -2.37. The fourth-order valence-corrected chi connectivity index (χ4v) is 3.78. The molecule has 0 amide bonds. The summed E-state index contributed by atoms with van der Waals surface area (Å²) in [7, 11) is -3.86. The van der Waals surface area contributed by atoms with Crippen LogP contribution >= 0.6 is 11.6 Å². The Kier molecular flexibility index (Phi) is 5.71. The van der Waals surface area contributed by atoms with Crippen LogP contribution in [0.1, 0.15) is 11.5 Å². The number of nitrogens with one attached hydrogen (secondary N) is 1. The van der Waals surface area contributed by atoms with Gasteiger partial charge in [0.1, 0.15) is 17.5 Å². The Morgan fingerprint density at radius 1 is 1.27 bits per heavy atom. The molecule has 1 aliphatic heterocycles. The lowest BCUT2D eigenvalue weighted by molar-refractivity contribution is 0.122. The minimum absolute atomic E-state index is 0.0870. The summed E-state index contributed by atoms with van der Waals surface area (Å²) in [5.41, 5.74) is 0.737. The van der Waals surface area contributed by atoms with Crippen LogP contribution in [0, 0.1) is 12.7 Å². The molecule has 1 aromatic heterocycles. The number of ether oxygens (including phenoxy) is 1. The standard InChI is InChI=1S/C16H18ClFN4O3S/c1-11-8-16(22-4-6-25-7-5-22)21-15(20-11)10-19-26(23,24)12-2-3-14(18)13(17)9-12/h2-3,8-9,19H,4-7,10H2,1H3. The van der Waals surface area contributed by atoms with Crippen molar-refractivity contribution >= 4 is 27.4 Å². The third-order valence-corrected chi connectivity index (χ3v) is 5.53. The summed E-state index contributed by atoms with van der Waals surface area (Å²) in [5, 5.41) is -0.255. The van der Waals surface area contributed by atoms with E-state index >= 15 is 0 Å². The largest absolute Gasteiger partial charge is 0.378 e. The molecule has 1 aromatic carbocycles. The summed E-state index contributed by atoms with van der Waals surface area (Å²) in [5.74, 6) is 0.408. The first-order valence-electron chi connectivity index (χ1n) is 7.97. The van der Waals surface area contributed by atoms with E-state index in [0.29, 0.717) is 19.0 Å². The van der Waals surface area contributed by atoms with Gasteiger partial charge in [-0.25, -0.2) is 27.5 Å². The van der Waals surface area contributed by atoms with E-state index in [1.807, 2.05) is 13.0 Å². The van der Waals surface area contributed by atoms with Crippen LogP contribution in [0.15, 0.2) is 29.2 Å². The van der Waals surface area contributed by atoms with E-state index in [4.69, 9.17) is 16.3 Å². The zero-order valence-corrected chi connectivity index (χ0v) is 15.6. The summed E-state index contributed by atoms with van der Waals surface area (Å²) in [6, 6.07) is 5.08. The Labute approximate surface area is 156 Å². The van der Waals surface area contributed by atoms with E-state index in [2.05, 4.69) is 19.6 Å². The van der Waals surface area contributed by atoms with E-state index < -0.39 is 15.8 Å². The number of morpholine rings is 1. The Morgan fingerprint density at radius 2 is 2.00 bits per heavy atom. The van der Waals surface area contributed by atoms with E-state index in [-0.39, 0.29) is 16.5 Å². The van der Waals surface area contributed by atoms with Gasteiger partial charge in [0, 0.05) is 24.8 Å². The quantitative estimate of drug-likeness (QED) is 0.825. The molecule has 26 heavy (non-hydrogen) atoms. The highest BCUT2D eigenvalue weighted by molar-refractivity contribution is 7.89. The van der Waals surface area contributed by atoms with Gasteiger partial charge in [0.2, 0.25) is 10.0 Å². The molecule has 1 N–H and O–H groups in total. The maximum absolute atomic E-state index is 13.2. The molecule has 10 heteroatoms. The number of benzene rings is 1. The molecule has 3 rings (SSSR count). The predicted octanol–water partition coefficient (Wildman–Crippen LogP) is 1.89. The zero-order valence-electron chi connectivity index (χ0n) is 14.1. The maximum Gasteiger partial charge on any atom is 0.241 e. The van der Waals surface area contributed by atoms with Crippen LogP contribution in [0.4, 0.5) is 10.2 Å². The Bertz CT molecular complexity index is 904. The van der Waals surface area contributed by atoms with Gasteiger partial charge in [-0.15, -0.1) is 0 Å². The summed E-state index contributed by atoms with van der Waals surface area (Å²) in [6.45, 7) is 4.41. The Hall–Kier alpha value is -1.81. The molecule has 2 aromatic rings. The number of aromatic nitrogens is 2. The third kappa shape index (κ3) is 4.47. The lowest BCUT2D eigenvalue weighted by Gasteiger charge is -2.28. The summed E-state index contributed by atoms with van der Waals surface area (Å²) in [4.78, 5) is 10.7. The molecule has 0 spiro atoms. The fraction of sp³-hybridized carbons (Fsp3) is 0.375. The number of sulfonamides is 1. The SMILES string of the molecule is Cc1cc(N2CCOCC2)nc(CNS(=O)(=O)c2ccc(F)c(Cl)c2)n1. The molecule has 140 valence electrons. The lowest BCUT2D eigenvalue weighted by atomic mass is 10.3. The van der Waals surface area contributed by atoms with E-state index in [0.717, 1.165) is 42.8 Å². The minimum Gasteiger partial charge on any atom is -0.378 e. The second kappa shape index (κ2) is 7.83. The average molecular weight is 401 g/mol. The normalized spacial score (nSPS) is 15.3. The summed E-state index contributed by atoms with van der Waals surface area (Å²) < 4.78 is 45.7. The average Bonchev–Trinajstić information content (AvgIpc) is 2.62. The van der Waals surface area contributed by atoms with Crippen molar-refractivity contribution in [2.24, 2.45) is 0 Å². The molecule has 1 saturated heterocycles. The molecule has 1 fully saturated rings. The Balaban J connectivity index is 1.76. The second-order valence-corrected chi connectivity index (χ2v) is 7.96. The van der Waals surface area contributed by atoms with Crippen LogP contribution in [0.2, 0.25) is 5.02 Å². The van der Waals surface area contributed by atoms with Gasteiger partial charge in [-0.3, -0.25) is 0 Å². The van der Waals surface area contributed by atoms with Crippen molar-refractivity contribution in [1.82, 2.24) is 14.7 Å². The highest BCUT2D eigenvalue weighted by Crippen LogP contribution is 2.20. The number of anilines is 1. The number of hydrogen-bond donors (Lipinski definition) is 1. The first-order chi connectivity index (χ1) is 12.3. The van der Waals surface area contributed by atoms with Gasteiger partial charge in [0.15, 0.2) is 0 Å². The van der Waals surface area contributed by atoms with Crippen LogP contribution in [0.5, 0.6) is 0 Å². The van der Waals surface area contributed by atoms with Crippen molar-refractivity contribution < 1.29 is 17.5 Å². The zero-order chi connectivity index (χ0) is 18.7. The summed E-state index contributed by atoms with van der Waals surface area (Å²) in [6.07, 6.45) is 0. The van der Waals surface area contributed by atoms with Gasteiger partial charge >= 0.3 is 0 Å². The summed E-state index contributed by atoms with van der Waals surface area (Å²) >= 11 is 5.66. The van der Waals surface area contributed by atoms with Crippen LogP contribution in [0.3, 0.4) is 0 Å². The minimum atomic E-state index is -3.86. The fourth-order valence-electron chi connectivity index (χ4n) is 2.53. The van der Waals surface area contributed by atoms with Gasteiger partial charge in [0.05, 0.1) is 29.7 Å². The van der Waals surface area contributed by atoms with Crippen LogP contribution in [-0.2, 0) is 21.3 Å². The van der Waals surface area contributed by atoms with E-state index in [1.165, 1.54) is 0 Å². The number of hydrogen-bond acceptors (Lipinski definition) is 6. The van der Waals surface area contributed by atoms with Gasteiger partial charge in [0.25, 0.3) is 0 Å². The van der Waals surface area contributed by atoms with Crippen molar-refractivity contribution in [2.45, 2.75) is 18.4 Å². The highest BCUT2D eigenvalue weighted by Gasteiger charge is 2.18. The molecule has 1 aliphatic rings. The van der Waals surface area contributed by atoms with Crippen molar-refractivity contribution in [3.8, 4) is 0 Å². The van der Waals surface area contributed by atoms with Crippen molar-refractivity contribution in [1.29, 1.82) is 0 Å². The third-order valence-electron chi connectivity index (χ3n) is 3.84. The predicted molar refractivity (Wildman–Crippen MR) is 95.2 cm³/mol. The molecule has 7 nitrogen and oxygen atoms in total. The van der Waals surface area contributed by atoms with Gasteiger partial charge in [-0.2, -0.15) is 0 Å². The van der Waals surface area contributed by atoms with Gasteiger partial charge in [-0.05, 0) is 25.1 Å². The number of aryl methyl sites for hydroxylation is 1. The molecule has 0 aliphatic carbocycles. The number of nitrogens with zero attached hydrogens (tertiary/aromatic N) is 3. The smallest absolute Gasteiger partial charge is 0.241 e. The van der Waals surface area contributed by atoms with Crippen LogP contribution in [-0.4, -0.2) is 44.7 Å². The van der Waals surface area contributed by atoms with Gasteiger partial charge in [-0.1, -0.05) is 11.6 Å². The second-order valence-electron chi connectivity index (χ2n) is 5.78. The Morgan fingerprint density at radius 3 is 2.69 bits per heavy atom. The van der Waals surface area contributed by atoms with Crippen molar-refractivity contribution in [3.63, 3.8) is 0 Å². The van der Waals surface area contributed by atoms with Crippen molar-refractivity contribution in [3.05, 3.63) is 46.6 Å². The molecule has 0 bridgehead atoms. The molecule has 0 atom stereocenters. The molecule has 0 radical (unpaired) electrons. The first kappa shape index (κ1) is 19.0. The van der Waals surface area contributed by atoms with E-state index in [9.17, 15) is 12.8 Å².